The van der Waals surface area contributed by atoms with Gasteiger partial charge in [0.05, 0.1) is 11.3 Å². The molecule has 1 heterocycles. The maximum absolute atomic E-state index is 11.2. The topological polar surface area (TPSA) is 64.3 Å². The van der Waals surface area contributed by atoms with Crippen molar-refractivity contribution in [1.29, 1.82) is 0 Å². The molecule has 0 amide bonds. The van der Waals surface area contributed by atoms with Crippen molar-refractivity contribution in [3.8, 4) is 22.8 Å². The smallest absolute Gasteiger partial charge is 0.157 e. The monoisotopic (exact) mass is 336 g/mol. The molecule has 0 unspecified atom stereocenters. The molecular weight excluding hydrogens is 316 g/mol. The fraction of sp³-hybridized carbons (Fsp3) is 0.200. The average Bonchev–Trinajstić information content (AvgIpc) is 3.10. The Labute approximate surface area is 146 Å². The number of aromatic hydroxyl groups is 1. The van der Waals surface area contributed by atoms with E-state index in [9.17, 15) is 9.90 Å². The van der Waals surface area contributed by atoms with E-state index in [-0.39, 0.29) is 24.0 Å². The molecule has 0 aliphatic carbocycles. The van der Waals surface area contributed by atoms with E-state index in [4.69, 9.17) is 4.74 Å². The molecule has 0 atom stereocenters. The normalized spacial score (nSPS) is 10.8. The molecule has 1 N–H and O–H groups in total. The number of carbonyl (C=O) groups is 1. The Morgan fingerprint density at radius 1 is 1.16 bits per heavy atom. The number of phenols is 1. The molecule has 0 aliphatic heterocycles. The van der Waals surface area contributed by atoms with Crippen LogP contribution < -0.4 is 4.74 Å². The number of hydrogen-bond donors (Lipinski definition) is 1. The van der Waals surface area contributed by atoms with Gasteiger partial charge in [-0.3, -0.25) is 9.48 Å². The van der Waals surface area contributed by atoms with E-state index in [0.717, 1.165) is 16.8 Å². The van der Waals surface area contributed by atoms with Crippen LogP contribution in [-0.4, -0.2) is 21.2 Å². The Morgan fingerprint density at radius 3 is 2.72 bits per heavy atom. The molecule has 0 fully saturated rings. The number of nitrogens with zero attached hydrogens (tertiary/aromatic N) is 2. The van der Waals surface area contributed by atoms with Gasteiger partial charge in [0, 0.05) is 17.8 Å². The van der Waals surface area contributed by atoms with Crippen LogP contribution in [0.5, 0.6) is 11.5 Å². The van der Waals surface area contributed by atoms with Crippen molar-refractivity contribution < 1.29 is 14.6 Å². The molecule has 0 saturated heterocycles. The fourth-order valence-corrected chi connectivity index (χ4v) is 2.77. The van der Waals surface area contributed by atoms with Gasteiger partial charge in [-0.1, -0.05) is 30.3 Å². The highest BCUT2D eigenvalue weighted by molar-refractivity contribution is 5.83. The maximum Gasteiger partial charge on any atom is 0.157 e. The van der Waals surface area contributed by atoms with E-state index in [1.54, 1.807) is 18.3 Å². The zero-order valence-electron chi connectivity index (χ0n) is 14.2. The van der Waals surface area contributed by atoms with E-state index >= 15 is 0 Å². The number of aromatic nitrogens is 2. The van der Waals surface area contributed by atoms with Gasteiger partial charge in [0.2, 0.25) is 0 Å². The summed E-state index contributed by atoms with van der Waals surface area (Å²) in [5.74, 6) is 0.279. The second kappa shape index (κ2) is 7.21. The van der Waals surface area contributed by atoms with Crippen molar-refractivity contribution in [2.24, 2.45) is 0 Å². The van der Waals surface area contributed by atoms with Crippen LogP contribution in [0.4, 0.5) is 0 Å². The highest BCUT2D eigenvalue weighted by Crippen LogP contribution is 2.29. The molecule has 5 heteroatoms. The summed E-state index contributed by atoms with van der Waals surface area (Å²) in [5, 5.41) is 14.2. The van der Waals surface area contributed by atoms with Gasteiger partial charge < -0.3 is 9.84 Å². The van der Waals surface area contributed by atoms with E-state index in [1.165, 1.54) is 6.07 Å². The van der Waals surface area contributed by atoms with Crippen LogP contribution in [0, 0.1) is 0 Å². The molecule has 3 rings (SSSR count). The zero-order chi connectivity index (χ0) is 17.8. The standard InChI is InChI=1S/C20H20N2O3/c1-14(2)22-18(10-11-21-22)16-7-4-3-6-15(16)13-25-20-9-5-8-19(24)17(20)12-23/h3-12,14,24H,13H2,1-2H3. The first-order valence-electron chi connectivity index (χ1n) is 8.13. The lowest BCUT2D eigenvalue weighted by Gasteiger charge is -2.15. The third kappa shape index (κ3) is 3.40. The van der Waals surface area contributed by atoms with Crippen molar-refractivity contribution in [1.82, 2.24) is 9.78 Å². The lowest BCUT2D eigenvalue weighted by atomic mass is 10.0. The number of carbonyl (C=O) groups excluding carboxylic acids is 1. The van der Waals surface area contributed by atoms with Crippen LogP contribution in [0.1, 0.15) is 35.8 Å². The van der Waals surface area contributed by atoms with E-state index in [2.05, 4.69) is 18.9 Å². The Kier molecular flexibility index (Phi) is 4.84. The second-order valence-electron chi connectivity index (χ2n) is 6.01. The third-order valence-corrected chi connectivity index (χ3v) is 4.00. The largest absolute Gasteiger partial charge is 0.507 e. The van der Waals surface area contributed by atoms with Crippen LogP contribution in [0.2, 0.25) is 0 Å². The van der Waals surface area contributed by atoms with Crippen molar-refractivity contribution in [3.05, 3.63) is 65.9 Å². The first kappa shape index (κ1) is 16.8. The van der Waals surface area contributed by atoms with Gasteiger partial charge in [-0.2, -0.15) is 5.10 Å². The summed E-state index contributed by atoms with van der Waals surface area (Å²) in [5.41, 5.74) is 3.18. The molecule has 2 aromatic carbocycles. The van der Waals surface area contributed by atoms with E-state index in [0.29, 0.717) is 12.0 Å². The van der Waals surface area contributed by atoms with Crippen molar-refractivity contribution >= 4 is 6.29 Å². The zero-order valence-corrected chi connectivity index (χ0v) is 14.2. The van der Waals surface area contributed by atoms with Gasteiger partial charge in [-0.05, 0) is 37.6 Å². The second-order valence-corrected chi connectivity index (χ2v) is 6.01. The van der Waals surface area contributed by atoms with Gasteiger partial charge in [0.1, 0.15) is 18.1 Å². The lowest BCUT2D eigenvalue weighted by molar-refractivity contribution is 0.111. The van der Waals surface area contributed by atoms with Crippen LogP contribution in [0.15, 0.2) is 54.7 Å². The van der Waals surface area contributed by atoms with Gasteiger partial charge >= 0.3 is 0 Å². The Bertz CT molecular complexity index is 884. The van der Waals surface area contributed by atoms with Crippen molar-refractivity contribution in [2.45, 2.75) is 26.5 Å². The lowest BCUT2D eigenvalue weighted by Crippen LogP contribution is -2.06. The molecular formula is C20H20N2O3. The SMILES string of the molecule is CC(C)n1nccc1-c1ccccc1COc1cccc(O)c1C=O. The third-order valence-electron chi connectivity index (χ3n) is 4.00. The van der Waals surface area contributed by atoms with Crippen LogP contribution in [-0.2, 0) is 6.61 Å². The highest BCUT2D eigenvalue weighted by Gasteiger charge is 2.13. The van der Waals surface area contributed by atoms with Crippen molar-refractivity contribution in [3.63, 3.8) is 0 Å². The molecule has 1 aromatic heterocycles. The van der Waals surface area contributed by atoms with Crippen LogP contribution in [0.3, 0.4) is 0 Å². The molecule has 0 radical (unpaired) electrons. The summed E-state index contributed by atoms with van der Waals surface area (Å²) in [4.78, 5) is 11.2. The van der Waals surface area contributed by atoms with E-state index in [1.807, 2.05) is 35.0 Å². The molecule has 25 heavy (non-hydrogen) atoms. The Balaban J connectivity index is 1.91. The van der Waals surface area contributed by atoms with Gasteiger partial charge in [0.15, 0.2) is 6.29 Å². The van der Waals surface area contributed by atoms with E-state index < -0.39 is 0 Å². The van der Waals surface area contributed by atoms with Crippen LogP contribution in [0.25, 0.3) is 11.3 Å². The molecule has 0 aliphatic rings. The number of phenolic OH excluding ortho intramolecular Hbond substituents is 1. The van der Waals surface area contributed by atoms with Crippen LogP contribution >= 0.6 is 0 Å². The minimum Gasteiger partial charge on any atom is -0.507 e. The molecule has 0 spiro atoms. The highest BCUT2D eigenvalue weighted by atomic mass is 16.5. The Hall–Kier alpha value is -3.08. The summed E-state index contributed by atoms with van der Waals surface area (Å²) in [6.45, 7) is 4.45. The van der Waals surface area contributed by atoms with Gasteiger partial charge in [0.25, 0.3) is 0 Å². The number of benzene rings is 2. The quantitative estimate of drug-likeness (QED) is 0.684. The predicted molar refractivity (Wildman–Crippen MR) is 95.9 cm³/mol. The molecule has 5 nitrogen and oxygen atoms in total. The average molecular weight is 336 g/mol. The fourth-order valence-electron chi connectivity index (χ4n) is 2.77. The summed E-state index contributed by atoms with van der Waals surface area (Å²) in [6.07, 6.45) is 2.39. The minimum atomic E-state index is -0.0846. The molecule has 3 aromatic rings. The molecule has 128 valence electrons. The molecule has 0 saturated carbocycles. The maximum atomic E-state index is 11.2. The minimum absolute atomic E-state index is 0.0846. The first-order valence-corrected chi connectivity index (χ1v) is 8.13. The van der Waals surface area contributed by atoms with Gasteiger partial charge in [-0.25, -0.2) is 0 Å². The number of ether oxygens (including phenoxy) is 1. The summed E-state index contributed by atoms with van der Waals surface area (Å²) in [6, 6.07) is 14.9. The summed E-state index contributed by atoms with van der Waals surface area (Å²) in [7, 11) is 0. The van der Waals surface area contributed by atoms with Gasteiger partial charge in [-0.15, -0.1) is 0 Å². The molecule has 0 bridgehead atoms. The number of aldehydes is 1. The Morgan fingerprint density at radius 2 is 1.96 bits per heavy atom. The van der Waals surface area contributed by atoms with Crippen molar-refractivity contribution in [2.75, 3.05) is 0 Å². The summed E-state index contributed by atoms with van der Waals surface area (Å²) >= 11 is 0. The number of rotatable bonds is 6. The summed E-state index contributed by atoms with van der Waals surface area (Å²) < 4.78 is 7.78. The first-order chi connectivity index (χ1) is 12.1. The predicted octanol–water partition coefficient (Wildman–Crippen LogP) is 4.23. The number of hydrogen-bond acceptors (Lipinski definition) is 4.